The molecule has 0 aliphatic carbocycles. The van der Waals surface area contributed by atoms with Crippen molar-refractivity contribution in [2.24, 2.45) is 7.05 Å². The van der Waals surface area contributed by atoms with Gasteiger partial charge >= 0.3 is 0 Å². The highest BCUT2D eigenvalue weighted by Crippen LogP contribution is 2.25. The largest absolute Gasteiger partial charge is 0.506 e. The van der Waals surface area contributed by atoms with Crippen LogP contribution in [0.3, 0.4) is 0 Å². The molecule has 56 valence electrons. The second-order valence-corrected chi connectivity index (χ2v) is 2.70. The van der Waals surface area contributed by atoms with E-state index in [1.807, 2.05) is 32.4 Å². The summed E-state index contributed by atoms with van der Waals surface area (Å²) in [4.78, 5) is 0. The summed E-state index contributed by atoms with van der Waals surface area (Å²) >= 11 is 0. The molecule has 1 aromatic rings. The number of rotatable bonds is 0. The average Bonchev–Trinajstić information content (AvgIpc) is 2.07. The van der Waals surface area contributed by atoms with Crippen LogP contribution in [0.15, 0.2) is 0 Å². The van der Waals surface area contributed by atoms with Crippen molar-refractivity contribution in [2.45, 2.75) is 20.8 Å². The quantitative estimate of drug-likeness (QED) is 0.581. The SMILES string of the molecule is Cc1c(O)c(C)n(C)c1C. The van der Waals surface area contributed by atoms with Crippen molar-refractivity contribution in [3.8, 4) is 5.75 Å². The third kappa shape index (κ3) is 0.719. The molecule has 0 saturated heterocycles. The summed E-state index contributed by atoms with van der Waals surface area (Å²) in [5.74, 6) is 0.431. The van der Waals surface area contributed by atoms with E-state index >= 15 is 0 Å². The number of hydrogen-bond acceptors (Lipinski definition) is 1. The minimum Gasteiger partial charge on any atom is -0.506 e. The molecule has 0 fully saturated rings. The van der Waals surface area contributed by atoms with Crippen LogP contribution >= 0.6 is 0 Å². The molecule has 2 heteroatoms. The molecule has 0 saturated carbocycles. The van der Waals surface area contributed by atoms with Gasteiger partial charge < -0.3 is 9.67 Å². The first kappa shape index (κ1) is 7.19. The maximum absolute atomic E-state index is 9.39. The second-order valence-electron chi connectivity index (χ2n) is 2.70. The Morgan fingerprint density at radius 3 is 1.70 bits per heavy atom. The molecule has 0 spiro atoms. The zero-order valence-electron chi connectivity index (χ0n) is 6.89. The maximum Gasteiger partial charge on any atom is 0.139 e. The van der Waals surface area contributed by atoms with Gasteiger partial charge in [-0.05, 0) is 20.8 Å². The first-order valence-corrected chi connectivity index (χ1v) is 3.37. The fourth-order valence-electron chi connectivity index (χ4n) is 1.10. The Balaban J connectivity index is 3.44. The zero-order chi connectivity index (χ0) is 7.89. The van der Waals surface area contributed by atoms with Crippen molar-refractivity contribution in [2.75, 3.05) is 0 Å². The molecule has 0 amide bonds. The van der Waals surface area contributed by atoms with E-state index in [2.05, 4.69) is 0 Å². The van der Waals surface area contributed by atoms with Crippen LogP contribution < -0.4 is 0 Å². The van der Waals surface area contributed by atoms with E-state index in [1.165, 1.54) is 0 Å². The normalized spacial score (nSPS) is 10.4. The number of aromatic hydroxyl groups is 1. The highest BCUT2D eigenvalue weighted by molar-refractivity contribution is 5.40. The van der Waals surface area contributed by atoms with Crippen molar-refractivity contribution in [3.05, 3.63) is 17.0 Å². The molecule has 0 aromatic carbocycles. The smallest absolute Gasteiger partial charge is 0.139 e. The van der Waals surface area contributed by atoms with E-state index in [0.29, 0.717) is 5.75 Å². The fourth-order valence-corrected chi connectivity index (χ4v) is 1.10. The molecule has 10 heavy (non-hydrogen) atoms. The van der Waals surface area contributed by atoms with Crippen molar-refractivity contribution < 1.29 is 5.11 Å². The van der Waals surface area contributed by atoms with Gasteiger partial charge in [0.15, 0.2) is 0 Å². The van der Waals surface area contributed by atoms with Gasteiger partial charge in [-0.1, -0.05) is 0 Å². The lowest BCUT2D eigenvalue weighted by atomic mass is 10.2. The molecule has 2 nitrogen and oxygen atoms in total. The Labute approximate surface area is 61.1 Å². The standard InChI is InChI=1S/C8H13NO/c1-5-6(2)9(4)7(3)8(5)10/h10H,1-4H3. The van der Waals surface area contributed by atoms with Crippen LogP contribution in [0, 0.1) is 20.8 Å². The van der Waals surface area contributed by atoms with Crippen LogP contribution in [0.1, 0.15) is 17.0 Å². The Hall–Kier alpha value is -0.920. The minimum atomic E-state index is 0.431. The molecule has 0 radical (unpaired) electrons. The minimum absolute atomic E-state index is 0.431. The molecule has 0 atom stereocenters. The zero-order valence-corrected chi connectivity index (χ0v) is 6.89. The van der Waals surface area contributed by atoms with Crippen molar-refractivity contribution in [1.82, 2.24) is 4.57 Å². The van der Waals surface area contributed by atoms with Gasteiger partial charge in [0.1, 0.15) is 5.75 Å². The highest BCUT2D eigenvalue weighted by atomic mass is 16.3. The summed E-state index contributed by atoms with van der Waals surface area (Å²) in [7, 11) is 1.96. The first-order chi connectivity index (χ1) is 4.55. The predicted molar refractivity (Wildman–Crippen MR) is 41.3 cm³/mol. The lowest BCUT2D eigenvalue weighted by molar-refractivity contribution is 0.466. The highest BCUT2D eigenvalue weighted by Gasteiger charge is 2.09. The summed E-state index contributed by atoms with van der Waals surface area (Å²) in [6.07, 6.45) is 0. The summed E-state index contributed by atoms with van der Waals surface area (Å²) in [6, 6.07) is 0. The van der Waals surface area contributed by atoms with Gasteiger partial charge in [0, 0.05) is 18.3 Å². The lowest BCUT2D eigenvalue weighted by Crippen LogP contribution is -1.92. The average molecular weight is 139 g/mol. The van der Waals surface area contributed by atoms with Crippen molar-refractivity contribution >= 4 is 0 Å². The van der Waals surface area contributed by atoms with Crippen LogP contribution in [0.2, 0.25) is 0 Å². The molecule has 0 unspecified atom stereocenters. The molecule has 0 aliphatic rings. The predicted octanol–water partition coefficient (Wildman–Crippen LogP) is 1.66. The van der Waals surface area contributed by atoms with Crippen LogP contribution in [-0.4, -0.2) is 9.67 Å². The van der Waals surface area contributed by atoms with Gasteiger partial charge in [-0.15, -0.1) is 0 Å². The lowest BCUT2D eigenvalue weighted by Gasteiger charge is -1.97. The molecular weight excluding hydrogens is 126 g/mol. The van der Waals surface area contributed by atoms with E-state index in [4.69, 9.17) is 0 Å². The molecule has 1 N–H and O–H groups in total. The molecular formula is C8H13NO. The van der Waals surface area contributed by atoms with Gasteiger partial charge in [0.25, 0.3) is 0 Å². The fraction of sp³-hybridized carbons (Fsp3) is 0.500. The molecule has 1 rings (SSSR count). The summed E-state index contributed by atoms with van der Waals surface area (Å²) in [6.45, 7) is 5.84. The van der Waals surface area contributed by atoms with E-state index in [1.54, 1.807) is 0 Å². The van der Waals surface area contributed by atoms with E-state index in [-0.39, 0.29) is 0 Å². The molecule has 1 aromatic heterocycles. The summed E-state index contributed by atoms with van der Waals surface area (Å²) in [5.41, 5.74) is 3.06. The van der Waals surface area contributed by atoms with Crippen LogP contribution in [0.25, 0.3) is 0 Å². The number of nitrogens with zero attached hydrogens (tertiary/aromatic N) is 1. The first-order valence-electron chi connectivity index (χ1n) is 3.37. The number of hydrogen-bond donors (Lipinski definition) is 1. The Kier molecular flexibility index (Phi) is 1.47. The maximum atomic E-state index is 9.39. The van der Waals surface area contributed by atoms with Crippen molar-refractivity contribution in [1.29, 1.82) is 0 Å². The van der Waals surface area contributed by atoms with Crippen molar-refractivity contribution in [3.63, 3.8) is 0 Å². The Bertz CT molecular complexity index is 180. The third-order valence-electron chi connectivity index (χ3n) is 2.25. The molecule has 1 heterocycles. The Morgan fingerprint density at radius 1 is 1.10 bits per heavy atom. The molecule has 0 bridgehead atoms. The van der Waals surface area contributed by atoms with E-state index in [9.17, 15) is 5.11 Å². The van der Waals surface area contributed by atoms with Crippen LogP contribution in [-0.2, 0) is 7.05 Å². The van der Waals surface area contributed by atoms with Crippen LogP contribution in [0.4, 0.5) is 0 Å². The van der Waals surface area contributed by atoms with E-state index < -0.39 is 0 Å². The van der Waals surface area contributed by atoms with Crippen LogP contribution in [0.5, 0.6) is 5.75 Å². The Morgan fingerprint density at radius 2 is 1.60 bits per heavy atom. The molecule has 0 aliphatic heterocycles. The third-order valence-corrected chi connectivity index (χ3v) is 2.25. The second kappa shape index (κ2) is 2.04. The summed E-state index contributed by atoms with van der Waals surface area (Å²) in [5, 5.41) is 9.39. The van der Waals surface area contributed by atoms with Gasteiger partial charge in [-0.25, -0.2) is 0 Å². The van der Waals surface area contributed by atoms with Gasteiger partial charge in [0.05, 0.1) is 5.69 Å². The van der Waals surface area contributed by atoms with Gasteiger partial charge in [0.2, 0.25) is 0 Å². The topological polar surface area (TPSA) is 25.2 Å². The summed E-state index contributed by atoms with van der Waals surface area (Å²) < 4.78 is 1.99. The van der Waals surface area contributed by atoms with Gasteiger partial charge in [-0.2, -0.15) is 0 Å². The monoisotopic (exact) mass is 139 g/mol. The van der Waals surface area contributed by atoms with E-state index in [0.717, 1.165) is 17.0 Å². The van der Waals surface area contributed by atoms with Gasteiger partial charge in [-0.3, -0.25) is 0 Å². The number of aromatic nitrogens is 1.